The van der Waals surface area contributed by atoms with E-state index >= 15 is 0 Å². The molecule has 2 aromatic rings. The first kappa shape index (κ1) is 17.9. The lowest BCUT2D eigenvalue weighted by Gasteiger charge is -2.11. The van der Waals surface area contributed by atoms with Gasteiger partial charge in [-0.15, -0.1) is 0 Å². The average molecular weight is 368 g/mol. The minimum absolute atomic E-state index is 0.0821. The van der Waals surface area contributed by atoms with Crippen molar-refractivity contribution in [2.24, 2.45) is 0 Å². The van der Waals surface area contributed by atoms with Crippen molar-refractivity contribution < 1.29 is 27.3 Å². The number of hydroxylamine groups is 1. The molecule has 136 valence electrons. The molecular weight excluding hydrogens is 356 g/mol. The van der Waals surface area contributed by atoms with E-state index < -0.39 is 34.3 Å². The monoisotopic (exact) mass is 368 g/mol. The van der Waals surface area contributed by atoms with Crippen molar-refractivity contribution in [3.63, 3.8) is 0 Å². The highest BCUT2D eigenvalue weighted by Gasteiger charge is 2.38. The summed E-state index contributed by atoms with van der Waals surface area (Å²) in [5.41, 5.74) is 1.82. The highest BCUT2D eigenvalue weighted by molar-refractivity contribution is 5.65. The third-order valence-electron chi connectivity index (χ3n) is 3.83. The Morgan fingerprint density at radius 1 is 1.15 bits per heavy atom. The van der Waals surface area contributed by atoms with Crippen LogP contribution in [0.4, 0.5) is 23.2 Å². The van der Waals surface area contributed by atoms with Gasteiger partial charge in [0, 0.05) is 12.5 Å². The second-order valence-corrected chi connectivity index (χ2v) is 5.66. The fourth-order valence-electron chi connectivity index (χ4n) is 2.61. The lowest BCUT2D eigenvalue weighted by atomic mass is 10.0. The number of halogens is 4. The van der Waals surface area contributed by atoms with Crippen molar-refractivity contribution in [1.29, 1.82) is 0 Å². The first-order valence-corrected chi connectivity index (χ1v) is 7.48. The second kappa shape index (κ2) is 6.75. The Bertz CT molecular complexity index is 863. The molecule has 3 rings (SSSR count). The van der Waals surface area contributed by atoms with Crippen molar-refractivity contribution in [2.75, 3.05) is 0 Å². The van der Waals surface area contributed by atoms with E-state index in [0.717, 1.165) is 12.1 Å². The molecule has 1 aliphatic heterocycles. The smallest absolute Gasteiger partial charge is 0.268 e. The second-order valence-electron chi connectivity index (χ2n) is 5.66. The lowest BCUT2D eigenvalue weighted by molar-refractivity contribution is -0.388. The summed E-state index contributed by atoms with van der Waals surface area (Å²) in [5.74, 6) is -0.393. The van der Waals surface area contributed by atoms with Gasteiger partial charge in [-0.25, -0.2) is 4.39 Å². The summed E-state index contributed by atoms with van der Waals surface area (Å²) in [7, 11) is 0. The molecule has 0 bridgehead atoms. The van der Waals surface area contributed by atoms with Crippen LogP contribution >= 0.6 is 0 Å². The number of nitrogens with zero attached hydrogens (tertiary/aromatic N) is 1. The minimum atomic E-state index is -4.83. The summed E-state index contributed by atoms with van der Waals surface area (Å²) in [5, 5.41) is 10.8. The summed E-state index contributed by atoms with van der Waals surface area (Å²) >= 11 is 0. The van der Waals surface area contributed by atoms with Gasteiger partial charge in [-0.05, 0) is 47.5 Å². The zero-order chi connectivity index (χ0) is 18.9. The van der Waals surface area contributed by atoms with Crippen LogP contribution in [0.1, 0.15) is 16.7 Å². The van der Waals surface area contributed by atoms with E-state index in [2.05, 4.69) is 5.48 Å². The van der Waals surface area contributed by atoms with Crippen molar-refractivity contribution >= 4 is 11.4 Å². The van der Waals surface area contributed by atoms with Gasteiger partial charge in [0.2, 0.25) is 0 Å². The van der Waals surface area contributed by atoms with Gasteiger partial charge in [-0.2, -0.15) is 13.2 Å². The molecule has 1 aliphatic rings. The zero-order valence-electron chi connectivity index (χ0n) is 13.1. The molecule has 1 atom stereocenters. The molecule has 2 aromatic carbocycles. The summed E-state index contributed by atoms with van der Waals surface area (Å²) in [6.07, 6.45) is -3.67. The van der Waals surface area contributed by atoms with Gasteiger partial charge in [-0.1, -0.05) is 6.07 Å². The van der Waals surface area contributed by atoms with Crippen molar-refractivity contribution in [3.05, 3.63) is 81.2 Å². The fraction of sp³-hybridized carbons (Fsp3) is 0.176. The Balaban J connectivity index is 1.81. The number of nitrogens with one attached hydrogen (secondary N) is 1. The Labute approximate surface area is 145 Å². The number of rotatable bonds is 4. The number of nitro groups is 1. The van der Waals surface area contributed by atoms with Crippen LogP contribution in [0.15, 0.2) is 48.5 Å². The van der Waals surface area contributed by atoms with E-state index in [1.54, 1.807) is 6.08 Å². The highest BCUT2D eigenvalue weighted by atomic mass is 19.4. The first-order chi connectivity index (χ1) is 12.2. The molecule has 5 nitrogen and oxygen atoms in total. The summed E-state index contributed by atoms with van der Waals surface area (Å²) < 4.78 is 52.0. The number of benzene rings is 2. The third kappa shape index (κ3) is 3.83. The van der Waals surface area contributed by atoms with Gasteiger partial charge in [0.25, 0.3) is 5.69 Å². The SMILES string of the molecule is O=[N+]([O-])c1ccc(CC2C=C(c3ccc(F)cc3)NO2)cc1C(F)(F)F. The van der Waals surface area contributed by atoms with Crippen LogP contribution in [-0.4, -0.2) is 11.0 Å². The summed E-state index contributed by atoms with van der Waals surface area (Å²) in [6, 6.07) is 8.48. The van der Waals surface area contributed by atoms with E-state index in [9.17, 15) is 27.7 Å². The molecule has 0 spiro atoms. The van der Waals surface area contributed by atoms with E-state index in [-0.39, 0.29) is 12.0 Å². The third-order valence-corrected chi connectivity index (χ3v) is 3.83. The molecule has 0 fully saturated rings. The van der Waals surface area contributed by atoms with Gasteiger partial charge in [0.1, 0.15) is 17.5 Å². The minimum Gasteiger partial charge on any atom is -0.268 e. The Kier molecular flexibility index (Phi) is 4.64. The van der Waals surface area contributed by atoms with Gasteiger partial charge < -0.3 is 0 Å². The lowest BCUT2D eigenvalue weighted by Crippen LogP contribution is -2.15. The maximum absolute atomic E-state index is 13.0. The molecule has 0 amide bonds. The molecule has 0 radical (unpaired) electrons. The van der Waals surface area contributed by atoms with Gasteiger partial charge >= 0.3 is 6.18 Å². The van der Waals surface area contributed by atoms with Crippen LogP contribution in [0.2, 0.25) is 0 Å². The Morgan fingerprint density at radius 2 is 1.85 bits per heavy atom. The van der Waals surface area contributed by atoms with Crippen LogP contribution in [-0.2, 0) is 17.4 Å². The molecule has 1 N–H and O–H groups in total. The molecule has 9 heteroatoms. The normalized spacial score (nSPS) is 16.9. The van der Waals surface area contributed by atoms with Crippen molar-refractivity contribution in [2.45, 2.75) is 18.7 Å². The highest BCUT2D eigenvalue weighted by Crippen LogP contribution is 2.37. The summed E-state index contributed by atoms with van der Waals surface area (Å²) in [6.45, 7) is 0. The number of hydrogen-bond donors (Lipinski definition) is 1. The maximum Gasteiger partial charge on any atom is 0.423 e. The molecule has 1 heterocycles. The van der Waals surface area contributed by atoms with Gasteiger partial charge in [0.15, 0.2) is 0 Å². The molecule has 26 heavy (non-hydrogen) atoms. The number of hydrogen-bond acceptors (Lipinski definition) is 4. The quantitative estimate of drug-likeness (QED) is 0.498. The molecule has 1 unspecified atom stereocenters. The van der Waals surface area contributed by atoms with Crippen molar-refractivity contribution in [3.8, 4) is 0 Å². The predicted molar refractivity (Wildman–Crippen MR) is 84.2 cm³/mol. The maximum atomic E-state index is 13.0. The van der Waals surface area contributed by atoms with Crippen LogP contribution in [0, 0.1) is 15.9 Å². The van der Waals surface area contributed by atoms with Gasteiger partial charge in [0.05, 0.1) is 10.6 Å². The predicted octanol–water partition coefficient (Wildman–Crippen LogP) is 4.24. The fourth-order valence-corrected chi connectivity index (χ4v) is 2.61. The number of alkyl halides is 3. The molecular formula is C17H12F4N2O3. The molecule has 0 aliphatic carbocycles. The van der Waals surface area contributed by atoms with Crippen molar-refractivity contribution in [1.82, 2.24) is 5.48 Å². The van der Waals surface area contributed by atoms with Crippen LogP contribution in [0.5, 0.6) is 0 Å². The average Bonchev–Trinajstić information content (AvgIpc) is 3.03. The molecule has 0 saturated heterocycles. The summed E-state index contributed by atoms with van der Waals surface area (Å²) in [4.78, 5) is 15.0. The largest absolute Gasteiger partial charge is 0.423 e. The Morgan fingerprint density at radius 3 is 2.46 bits per heavy atom. The first-order valence-electron chi connectivity index (χ1n) is 7.48. The topological polar surface area (TPSA) is 64.4 Å². The standard InChI is InChI=1S/C17H12F4N2O3/c18-12-4-2-11(3-5-12)15-9-13(26-22-15)7-10-1-6-16(23(24)25)14(8-10)17(19,20)21/h1-6,8-9,13,22H,7H2. The van der Waals surface area contributed by atoms with Gasteiger partial charge in [-0.3, -0.25) is 20.4 Å². The van der Waals surface area contributed by atoms with Crippen LogP contribution in [0.25, 0.3) is 5.70 Å². The van der Waals surface area contributed by atoms with E-state index in [4.69, 9.17) is 4.84 Å². The number of nitro benzene ring substituents is 1. The van der Waals surface area contributed by atoms with Crippen LogP contribution in [0.3, 0.4) is 0 Å². The van der Waals surface area contributed by atoms with E-state index in [0.29, 0.717) is 11.3 Å². The Hall–Kier alpha value is -2.94. The van der Waals surface area contributed by atoms with Crippen LogP contribution < -0.4 is 5.48 Å². The molecule has 0 aromatic heterocycles. The van der Waals surface area contributed by atoms with E-state index in [1.807, 2.05) is 0 Å². The van der Waals surface area contributed by atoms with E-state index in [1.165, 1.54) is 30.3 Å². The zero-order valence-corrected chi connectivity index (χ0v) is 13.1. The molecule has 0 saturated carbocycles.